The van der Waals surface area contributed by atoms with Crippen LogP contribution in [0.15, 0.2) is 42.6 Å². The predicted octanol–water partition coefficient (Wildman–Crippen LogP) is 4.43. The van der Waals surface area contributed by atoms with Crippen molar-refractivity contribution in [3.63, 3.8) is 0 Å². The standard InChI is InChI=1S/C23H23Cl2N7/c1-14-28-20-4-3-19(15-5-6-27-21(26)11-15)29-23(20)32(14)16-12-17(24)22(18(25)13-16)31-9-7-30(2)8-10-31/h3-6,11-13H,7-10H2,1-2H3,(H2,26,27). The number of imidazole rings is 1. The second kappa shape index (κ2) is 8.24. The number of hydrogen-bond acceptors (Lipinski definition) is 6. The Hall–Kier alpha value is -2.87. The average molecular weight is 468 g/mol. The Morgan fingerprint density at radius 2 is 1.66 bits per heavy atom. The fourth-order valence-electron chi connectivity index (χ4n) is 4.16. The quantitative estimate of drug-likeness (QED) is 0.480. The van der Waals surface area contributed by atoms with Crippen molar-refractivity contribution in [1.82, 2.24) is 24.4 Å². The lowest BCUT2D eigenvalue weighted by molar-refractivity contribution is 0.313. The van der Waals surface area contributed by atoms with Crippen LogP contribution in [-0.4, -0.2) is 57.6 Å². The van der Waals surface area contributed by atoms with Gasteiger partial charge in [0, 0.05) is 37.9 Å². The number of piperazine rings is 1. The molecule has 32 heavy (non-hydrogen) atoms. The van der Waals surface area contributed by atoms with E-state index >= 15 is 0 Å². The van der Waals surface area contributed by atoms with E-state index in [-0.39, 0.29) is 0 Å². The van der Waals surface area contributed by atoms with Crippen LogP contribution in [0.25, 0.3) is 28.1 Å². The molecule has 0 spiro atoms. The summed E-state index contributed by atoms with van der Waals surface area (Å²) < 4.78 is 1.98. The molecule has 4 heterocycles. The molecule has 1 aromatic carbocycles. The minimum absolute atomic E-state index is 0.451. The van der Waals surface area contributed by atoms with E-state index in [1.807, 2.05) is 41.8 Å². The van der Waals surface area contributed by atoms with Crippen LogP contribution in [-0.2, 0) is 0 Å². The molecule has 1 aliphatic heterocycles. The summed E-state index contributed by atoms with van der Waals surface area (Å²) in [5, 5.41) is 1.24. The van der Waals surface area contributed by atoms with E-state index in [1.54, 1.807) is 12.3 Å². The van der Waals surface area contributed by atoms with E-state index in [2.05, 4.69) is 26.8 Å². The molecule has 2 N–H and O–H groups in total. The number of rotatable bonds is 3. The number of aromatic nitrogens is 4. The first-order chi connectivity index (χ1) is 15.4. The smallest absolute Gasteiger partial charge is 0.165 e. The Kier molecular flexibility index (Phi) is 5.41. The number of nitrogens with zero attached hydrogens (tertiary/aromatic N) is 6. The molecule has 0 saturated carbocycles. The first-order valence-corrected chi connectivity index (χ1v) is 11.2. The van der Waals surface area contributed by atoms with Crippen molar-refractivity contribution in [2.24, 2.45) is 0 Å². The largest absolute Gasteiger partial charge is 0.384 e. The molecule has 0 amide bonds. The Bertz CT molecular complexity index is 1290. The number of anilines is 2. The van der Waals surface area contributed by atoms with Crippen molar-refractivity contribution in [3.8, 4) is 16.9 Å². The van der Waals surface area contributed by atoms with Gasteiger partial charge in [-0.15, -0.1) is 0 Å². The molecule has 0 bridgehead atoms. The van der Waals surface area contributed by atoms with Crippen LogP contribution < -0.4 is 10.6 Å². The summed E-state index contributed by atoms with van der Waals surface area (Å²) in [4.78, 5) is 18.2. The summed E-state index contributed by atoms with van der Waals surface area (Å²) >= 11 is 13.5. The van der Waals surface area contributed by atoms with E-state index in [9.17, 15) is 0 Å². The number of pyridine rings is 2. The number of benzene rings is 1. The van der Waals surface area contributed by atoms with Crippen LogP contribution >= 0.6 is 23.2 Å². The Morgan fingerprint density at radius 3 is 2.34 bits per heavy atom. The highest BCUT2D eigenvalue weighted by atomic mass is 35.5. The number of likely N-dealkylation sites (N-methyl/N-ethyl adjacent to an activating group) is 1. The molecule has 164 valence electrons. The number of nitrogens with two attached hydrogens (primary N) is 1. The molecule has 7 nitrogen and oxygen atoms in total. The summed E-state index contributed by atoms with van der Waals surface area (Å²) in [6.07, 6.45) is 1.68. The van der Waals surface area contributed by atoms with Gasteiger partial charge in [0.25, 0.3) is 0 Å². The van der Waals surface area contributed by atoms with Crippen LogP contribution in [0.3, 0.4) is 0 Å². The van der Waals surface area contributed by atoms with Gasteiger partial charge in [0.05, 0.1) is 27.1 Å². The lowest BCUT2D eigenvalue weighted by Crippen LogP contribution is -2.44. The molecule has 0 aliphatic carbocycles. The molecule has 3 aromatic heterocycles. The minimum Gasteiger partial charge on any atom is -0.384 e. The maximum Gasteiger partial charge on any atom is 0.165 e. The zero-order chi connectivity index (χ0) is 22.4. The van der Waals surface area contributed by atoms with E-state index in [0.717, 1.165) is 65.8 Å². The van der Waals surface area contributed by atoms with Gasteiger partial charge in [-0.25, -0.2) is 15.0 Å². The van der Waals surface area contributed by atoms with Gasteiger partial charge in [-0.2, -0.15) is 0 Å². The third-order valence-corrected chi connectivity index (χ3v) is 6.40. The lowest BCUT2D eigenvalue weighted by atomic mass is 10.1. The van der Waals surface area contributed by atoms with Crippen LogP contribution in [0.1, 0.15) is 5.82 Å². The van der Waals surface area contributed by atoms with Crippen molar-refractivity contribution in [2.45, 2.75) is 6.92 Å². The maximum atomic E-state index is 6.75. The molecular formula is C23H23Cl2N7. The third-order valence-electron chi connectivity index (χ3n) is 5.83. The van der Waals surface area contributed by atoms with Crippen LogP contribution in [0.5, 0.6) is 0 Å². The van der Waals surface area contributed by atoms with Crippen LogP contribution in [0.4, 0.5) is 11.5 Å². The number of fused-ring (bicyclic) bond motifs is 1. The second-order valence-corrected chi connectivity index (χ2v) is 8.87. The molecule has 0 unspecified atom stereocenters. The van der Waals surface area contributed by atoms with Gasteiger partial charge in [0.1, 0.15) is 17.2 Å². The lowest BCUT2D eigenvalue weighted by Gasteiger charge is -2.35. The van der Waals surface area contributed by atoms with Gasteiger partial charge in [-0.05, 0) is 50.4 Å². The monoisotopic (exact) mass is 467 g/mol. The van der Waals surface area contributed by atoms with Gasteiger partial charge < -0.3 is 15.5 Å². The number of halogens is 2. The third kappa shape index (κ3) is 3.77. The molecule has 5 rings (SSSR count). The number of nitrogen functional groups attached to an aromatic ring is 1. The second-order valence-electron chi connectivity index (χ2n) is 8.05. The van der Waals surface area contributed by atoms with Gasteiger partial charge >= 0.3 is 0 Å². The molecule has 1 saturated heterocycles. The fraction of sp³-hybridized carbons (Fsp3) is 0.261. The molecule has 1 fully saturated rings. The zero-order valence-corrected chi connectivity index (χ0v) is 19.4. The van der Waals surface area contributed by atoms with Crippen molar-refractivity contribution in [1.29, 1.82) is 0 Å². The fourth-order valence-corrected chi connectivity index (χ4v) is 4.88. The van der Waals surface area contributed by atoms with Gasteiger partial charge in [0.15, 0.2) is 5.65 Å². The highest BCUT2D eigenvalue weighted by Gasteiger charge is 2.21. The van der Waals surface area contributed by atoms with E-state index < -0.39 is 0 Å². The molecule has 1 aliphatic rings. The first kappa shape index (κ1) is 21.0. The van der Waals surface area contributed by atoms with Crippen LogP contribution in [0.2, 0.25) is 10.0 Å². The minimum atomic E-state index is 0.451. The Balaban J connectivity index is 1.60. The summed E-state index contributed by atoms with van der Waals surface area (Å²) in [6, 6.07) is 11.5. The molecule has 0 atom stereocenters. The topological polar surface area (TPSA) is 76.1 Å². The Labute approximate surface area is 196 Å². The zero-order valence-electron chi connectivity index (χ0n) is 17.9. The van der Waals surface area contributed by atoms with E-state index in [1.165, 1.54) is 0 Å². The summed E-state index contributed by atoms with van der Waals surface area (Å²) in [6.45, 7) is 5.68. The highest BCUT2D eigenvalue weighted by molar-refractivity contribution is 6.39. The van der Waals surface area contributed by atoms with Gasteiger partial charge in [0.2, 0.25) is 0 Å². The predicted molar refractivity (Wildman–Crippen MR) is 131 cm³/mol. The highest BCUT2D eigenvalue weighted by Crippen LogP contribution is 2.37. The average Bonchev–Trinajstić information content (AvgIpc) is 3.09. The molecule has 9 heteroatoms. The molecule has 0 radical (unpaired) electrons. The van der Waals surface area contributed by atoms with E-state index in [0.29, 0.717) is 15.9 Å². The number of aryl methyl sites for hydroxylation is 1. The van der Waals surface area contributed by atoms with Gasteiger partial charge in [-0.1, -0.05) is 23.2 Å². The van der Waals surface area contributed by atoms with Crippen LogP contribution in [0, 0.1) is 6.92 Å². The summed E-state index contributed by atoms with van der Waals surface area (Å²) in [7, 11) is 2.12. The normalized spacial score (nSPS) is 14.9. The SMILES string of the molecule is Cc1nc2ccc(-c3ccnc(N)c3)nc2n1-c1cc(Cl)c(N2CCN(C)CC2)c(Cl)c1. The van der Waals surface area contributed by atoms with Crippen molar-refractivity contribution in [3.05, 3.63) is 58.5 Å². The summed E-state index contributed by atoms with van der Waals surface area (Å²) in [5.41, 5.74) is 10.8. The number of hydrogen-bond donors (Lipinski definition) is 1. The van der Waals surface area contributed by atoms with E-state index in [4.69, 9.17) is 33.9 Å². The maximum absolute atomic E-state index is 6.75. The molecular weight excluding hydrogens is 445 g/mol. The van der Waals surface area contributed by atoms with Gasteiger partial charge in [-0.3, -0.25) is 4.57 Å². The van der Waals surface area contributed by atoms with Crippen molar-refractivity contribution in [2.75, 3.05) is 43.9 Å². The Morgan fingerprint density at radius 1 is 0.938 bits per heavy atom. The van der Waals surface area contributed by atoms with Crippen molar-refractivity contribution < 1.29 is 0 Å². The van der Waals surface area contributed by atoms with Crippen molar-refractivity contribution >= 4 is 45.9 Å². The first-order valence-electron chi connectivity index (χ1n) is 10.4. The summed E-state index contributed by atoms with van der Waals surface area (Å²) in [5.74, 6) is 1.26. The molecule has 4 aromatic rings.